The summed E-state index contributed by atoms with van der Waals surface area (Å²) in [5.41, 5.74) is 8.60. The van der Waals surface area contributed by atoms with E-state index in [1.165, 1.54) is 12.0 Å². The van der Waals surface area contributed by atoms with Crippen LogP contribution in [0.5, 0.6) is 17.2 Å². The van der Waals surface area contributed by atoms with Crippen LogP contribution >= 0.6 is 0 Å². The molecule has 3 heterocycles. The lowest BCUT2D eigenvalue weighted by Crippen LogP contribution is -2.35. The molecule has 3 aromatic carbocycles. The first-order valence-electron chi connectivity index (χ1n) is 14.6. The fourth-order valence-electron chi connectivity index (χ4n) is 6.10. The van der Waals surface area contributed by atoms with Crippen molar-refractivity contribution in [3.8, 4) is 28.4 Å². The summed E-state index contributed by atoms with van der Waals surface area (Å²) in [5, 5.41) is 10.3. The number of phenolic OH excluding ortho intramolecular Hbond substituents is 1. The first-order valence-corrected chi connectivity index (χ1v) is 14.6. The van der Waals surface area contributed by atoms with Gasteiger partial charge in [0.15, 0.2) is 0 Å². The quantitative estimate of drug-likeness (QED) is 0.255. The Balaban J connectivity index is 1.32. The molecule has 0 aliphatic carbocycles. The van der Waals surface area contributed by atoms with Crippen LogP contribution in [0, 0.1) is 12.8 Å². The molecule has 1 saturated heterocycles. The van der Waals surface area contributed by atoms with E-state index >= 15 is 0 Å². The minimum Gasteiger partial charge on any atom is -0.508 e. The van der Waals surface area contributed by atoms with Crippen LogP contribution in [0.15, 0.2) is 85.2 Å². The summed E-state index contributed by atoms with van der Waals surface area (Å²) in [6.45, 7) is 11.8. The maximum absolute atomic E-state index is 10.3. The van der Waals surface area contributed by atoms with E-state index in [-0.39, 0.29) is 11.9 Å². The molecule has 1 unspecified atom stereocenters. The summed E-state index contributed by atoms with van der Waals surface area (Å²) >= 11 is 0. The number of fused-ring (bicyclic) bond motifs is 1. The molecule has 0 amide bonds. The summed E-state index contributed by atoms with van der Waals surface area (Å²) in [6, 6.07) is 24.6. The molecule has 41 heavy (non-hydrogen) atoms. The molecule has 4 aromatic rings. The van der Waals surface area contributed by atoms with Gasteiger partial charge in [-0.2, -0.15) is 0 Å². The number of hydrogen-bond acceptors (Lipinski definition) is 5. The number of benzene rings is 3. The van der Waals surface area contributed by atoms with Crippen molar-refractivity contribution in [3.63, 3.8) is 0 Å². The molecule has 3 atom stereocenters. The van der Waals surface area contributed by atoms with Gasteiger partial charge >= 0.3 is 0 Å². The van der Waals surface area contributed by atoms with Crippen LogP contribution in [-0.2, 0) is 0 Å². The molecule has 1 fully saturated rings. The van der Waals surface area contributed by atoms with Gasteiger partial charge in [-0.1, -0.05) is 37.3 Å². The van der Waals surface area contributed by atoms with Gasteiger partial charge in [0.25, 0.3) is 0 Å². The second kappa shape index (κ2) is 11.4. The zero-order valence-corrected chi connectivity index (χ0v) is 24.3. The number of aromatic nitrogens is 1. The number of rotatable bonds is 7. The summed E-state index contributed by atoms with van der Waals surface area (Å²) < 4.78 is 12.9. The molecular formula is C36H38N2O3. The number of ether oxygens (including phenoxy) is 2. The Morgan fingerprint density at radius 2 is 1.80 bits per heavy atom. The Labute approximate surface area is 243 Å². The standard InChI is InChI=1S/C36H38N2O3/c1-23-15-17-38(21-23)25(3)22-40-31-11-8-27(9-12-31)36-35(26(4)32-19-30(39)10-13-34(32)41-36)29-7-5-6-28(18-29)33-20-37-16-14-24(33)2/h5-14,16,18-20,23,25,36,39H,15,17,21-22H2,1-4H3/t23-,25+,36?/m1/s1. The lowest BCUT2D eigenvalue weighted by molar-refractivity contribution is 0.169. The fourth-order valence-corrected chi connectivity index (χ4v) is 6.10. The predicted molar refractivity (Wildman–Crippen MR) is 165 cm³/mol. The number of likely N-dealkylation sites (tertiary alicyclic amines) is 1. The molecule has 1 N–H and O–H groups in total. The SMILES string of the molecule is CC1=C(c2cccc(-c3cnccc3C)c2)C(c2ccc(OC[C@H](C)N3CC[C@@H](C)C3)cc2)Oc2ccc(O)cc21. The van der Waals surface area contributed by atoms with Gasteiger partial charge in [0.2, 0.25) is 0 Å². The van der Waals surface area contributed by atoms with Gasteiger partial charge in [-0.3, -0.25) is 9.88 Å². The van der Waals surface area contributed by atoms with Crippen LogP contribution in [0.1, 0.15) is 55.5 Å². The molecular weight excluding hydrogens is 508 g/mol. The summed E-state index contributed by atoms with van der Waals surface area (Å²) in [7, 11) is 0. The monoisotopic (exact) mass is 546 g/mol. The number of pyridine rings is 1. The van der Waals surface area contributed by atoms with Crippen LogP contribution in [0.3, 0.4) is 0 Å². The third-order valence-corrected chi connectivity index (χ3v) is 8.55. The number of hydrogen-bond donors (Lipinski definition) is 1. The van der Waals surface area contributed by atoms with Crippen molar-refractivity contribution in [3.05, 3.63) is 107 Å². The van der Waals surface area contributed by atoms with Crippen LogP contribution < -0.4 is 9.47 Å². The van der Waals surface area contributed by atoms with Gasteiger partial charge < -0.3 is 14.6 Å². The van der Waals surface area contributed by atoms with Crippen molar-refractivity contribution in [1.82, 2.24) is 9.88 Å². The number of aryl methyl sites for hydroxylation is 1. The van der Waals surface area contributed by atoms with E-state index in [4.69, 9.17) is 9.47 Å². The minimum atomic E-state index is -0.309. The molecule has 5 heteroatoms. The van der Waals surface area contributed by atoms with Crippen molar-refractivity contribution in [2.45, 2.75) is 46.3 Å². The largest absolute Gasteiger partial charge is 0.508 e. The Morgan fingerprint density at radius 3 is 2.56 bits per heavy atom. The highest BCUT2D eigenvalue weighted by atomic mass is 16.5. The lowest BCUT2D eigenvalue weighted by Gasteiger charge is -2.31. The van der Waals surface area contributed by atoms with E-state index < -0.39 is 0 Å². The molecule has 1 aromatic heterocycles. The Kier molecular flexibility index (Phi) is 7.55. The molecule has 0 bridgehead atoms. The molecule has 210 valence electrons. The highest BCUT2D eigenvalue weighted by Gasteiger charge is 2.30. The first-order chi connectivity index (χ1) is 19.9. The molecule has 2 aliphatic heterocycles. The van der Waals surface area contributed by atoms with Crippen LogP contribution in [-0.4, -0.2) is 40.7 Å². The van der Waals surface area contributed by atoms with Crippen molar-refractivity contribution >= 4 is 11.1 Å². The summed E-state index contributed by atoms with van der Waals surface area (Å²) in [6.07, 6.45) is 4.70. The zero-order valence-electron chi connectivity index (χ0n) is 24.3. The third-order valence-electron chi connectivity index (χ3n) is 8.55. The van der Waals surface area contributed by atoms with E-state index in [1.54, 1.807) is 12.1 Å². The zero-order chi connectivity index (χ0) is 28.5. The fraction of sp³-hybridized carbons (Fsp3) is 0.306. The highest BCUT2D eigenvalue weighted by Crippen LogP contribution is 2.48. The first kappa shape index (κ1) is 27.1. The van der Waals surface area contributed by atoms with Crippen molar-refractivity contribution < 1.29 is 14.6 Å². The van der Waals surface area contributed by atoms with Crippen LogP contribution in [0.25, 0.3) is 22.3 Å². The second-order valence-corrected chi connectivity index (χ2v) is 11.6. The van der Waals surface area contributed by atoms with E-state index in [9.17, 15) is 5.11 Å². The number of allylic oxidation sites excluding steroid dienone is 1. The van der Waals surface area contributed by atoms with Gasteiger partial charge in [-0.15, -0.1) is 0 Å². The maximum Gasteiger partial charge on any atom is 0.150 e. The molecule has 5 nitrogen and oxygen atoms in total. The van der Waals surface area contributed by atoms with Gasteiger partial charge in [0, 0.05) is 41.7 Å². The summed E-state index contributed by atoms with van der Waals surface area (Å²) in [4.78, 5) is 6.88. The molecule has 0 radical (unpaired) electrons. The topological polar surface area (TPSA) is 54.8 Å². The normalized spacial score (nSPS) is 19.5. The van der Waals surface area contributed by atoms with Crippen molar-refractivity contribution in [2.24, 2.45) is 5.92 Å². The van der Waals surface area contributed by atoms with Gasteiger partial charge in [0.05, 0.1) is 0 Å². The minimum absolute atomic E-state index is 0.225. The van der Waals surface area contributed by atoms with Gasteiger partial charge in [-0.25, -0.2) is 0 Å². The predicted octanol–water partition coefficient (Wildman–Crippen LogP) is 7.94. The smallest absolute Gasteiger partial charge is 0.150 e. The average molecular weight is 547 g/mol. The van der Waals surface area contributed by atoms with Crippen LogP contribution in [0.4, 0.5) is 0 Å². The third kappa shape index (κ3) is 5.59. The maximum atomic E-state index is 10.3. The Morgan fingerprint density at radius 1 is 1.00 bits per heavy atom. The number of aromatic hydroxyl groups is 1. The molecule has 0 spiro atoms. The van der Waals surface area contributed by atoms with E-state index in [0.29, 0.717) is 12.6 Å². The van der Waals surface area contributed by atoms with Gasteiger partial charge in [-0.05, 0) is 110 Å². The van der Waals surface area contributed by atoms with Crippen molar-refractivity contribution in [1.29, 1.82) is 0 Å². The summed E-state index contributed by atoms with van der Waals surface area (Å²) in [5.74, 6) is 2.62. The molecule has 0 saturated carbocycles. The van der Waals surface area contributed by atoms with E-state index in [0.717, 1.165) is 69.5 Å². The molecule has 2 aliphatic rings. The van der Waals surface area contributed by atoms with E-state index in [1.807, 2.05) is 36.7 Å². The Bertz CT molecular complexity index is 1580. The second-order valence-electron chi connectivity index (χ2n) is 11.6. The van der Waals surface area contributed by atoms with Gasteiger partial charge in [0.1, 0.15) is 30.0 Å². The number of phenols is 1. The van der Waals surface area contributed by atoms with Crippen molar-refractivity contribution in [2.75, 3.05) is 19.7 Å². The highest BCUT2D eigenvalue weighted by molar-refractivity contribution is 5.96. The average Bonchev–Trinajstić information content (AvgIpc) is 3.43. The van der Waals surface area contributed by atoms with Crippen LogP contribution in [0.2, 0.25) is 0 Å². The number of nitrogens with zero attached hydrogens (tertiary/aromatic N) is 2. The van der Waals surface area contributed by atoms with E-state index in [2.05, 4.69) is 74.0 Å². The Hall–Kier alpha value is -4.09. The molecule has 6 rings (SSSR count). The lowest BCUT2D eigenvalue weighted by atomic mass is 9.85.